The lowest BCUT2D eigenvalue weighted by Crippen LogP contribution is -2.33. The van der Waals surface area contributed by atoms with Gasteiger partial charge in [0.1, 0.15) is 11.6 Å². The number of ether oxygens (including phenoxy) is 1. The molecule has 0 bridgehead atoms. The summed E-state index contributed by atoms with van der Waals surface area (Å²) in [5, 5.41) is 7.72. The number of fused-ring (bicyclic) bond motifs is 2. The number of nitrogens with two attached hydrogens (primary N) is 1. The maximum absolute atomic E-state index is 12.8. The van der Waals surface area contributed by atoms with E-state index in [1.54, 1.807) is 24.3 Å². The van der Waals surface area contributed by atoms with Gasteiger partial charge in [-0.1, -0.05) is 54.1 Å². The molecule has 0 saturated heterocycles. The average Bonchev–Trinajstić information content (AvgIpc) is 3.61. The quantitative estimate of drug-likeness (QED) is 0.225. The van der Waals surface area contributed by atoms with Crippen molar-refractivity contribution in [1.82, 2.24) is 29.7 Å². The number of aryl methyl sites for hydroxylation is 1. The van der Waals surface area contributed by atoms with Gasteiger partial charge in [0.15, 0.2) is 22.5 Å². The van der Waals surface area contributed by atoms with Gasteiger partial charge in [-0.15, -0.1) is 0 Å². The van der Waals surface area contributed by atoms with E-state index in [2.05, 4.69) is 20.3 Å². The molecule has 0 aliphatic carbocycles. The zero-order valence-electron chi connectivity index (χ0n) is 20.7. The molecule has 1 unspecified atom stereocenters. The number of hydrogen-bond donors (Lipinski definition) is 1. The van der Waals surface area contributed by atoms with E-state index in [9.17, 15) is 9.59 Å². The lowest BCUT2D eigenvalue weighted by atomic mass is 10.1. The number of carbonyl (C=O) groups is 2. The van der Waals surface area contributed by atoms with E-state index in [0.717, 1.165) is 5.56 Å². The highest BCUT2D eigenvalue weighted by molar-refractivity contribution is 6.33. The number of amides is 2. The standard InChI is InChI=1S/C27H22ClN7O4/c1-2-34-19-14-18(30-23(28)20(19)31-25(34)21-24(29)33-39-32-21)22(15-8-4-3-5-9-15)38-13-12-35-26(36)16-10-6-7-11-17(16)27(35)37/h3-11,14,22H,2,12-13H2,1H3,(H2,29,33). The molecule has 1 aliphatic heterocycles. The van der Waals surface area contributed by atoms with Crippen LogP contribution in [0.3, 0.4) is 0 Å². The van der Waals surface area contributed by atoms with Crippen LogP contribution in [0.1, 0.15) is 45.0 Å². The molecular weight excluding hydrogens is 522 g/mol. The van der Waals surface area contributed by atoms with E-state index in [-0.39, 0.29) is 35.9 Å². The first-order valence-corrected chi connectivity index (χ1v) is 12.6. The number of halogens is 1. The number of imide groups is 1. The lowest BCUT2D eigenvalue weighted by Gasteiger charge is -2.21. The van der Waals surface area contributed by atoms with Crippen LogP contribution in [0, 0.1) is 0 Å². The molecule has 0 saturated carbocycles. The van der Waals surface area contributed by atoms with Crippen molar-refractivity contribution in [1.29, 1.82) is 0 Å². The van der Waals surface area contributed by atoms with Gasteiger partial charge in [0, 0.05) is 6.54 Å². The first-order chi connectivity index (χ1) is 19.0. The second-order valence-corrected chi connectivity index (χ2v) is 9.21. The van der Waals surface area contributed by atoms with Crippen molar-refractivity contribution in [2.45, 2.75) is 19.6 Å². The smallest absolute Gasteiger partial charge is 0.261 e. The zero-order valence-corrected chi connectivity index (χ0v) is 21.5. The van der Waals surface area contributed by atoms with Crippen molar-refractivity contribution >= 4 is 40.3 Å². The SMILES string of the molecule is CCn1c(-c2nonc2N)nc2c(Cl)nc(C(OCCN3C(=O)c4ccccc4C3=O)c3ccccc3)cc21. The Morgan fingerprint density at radius 2 is 1.69 bits per heavy atom. The van der Waals surface area contributed by atoms with Crippen LogP contribution < -0.4 is 5.73 Å². The van der Waals surface area contributed by atoms with Gasteiger partial charge in [0.25, 0.3) is 11.8 Å². The molecule has 2 N–H and O–H groups in total. The second-order valence-electron chi connectivity index (χ2n) is 8.85. The summed E-state index contributed by atoms with van der Waals surface area (Å²) in [6, 6.07) is 18.1. The molecule has 1 aliphatic rings. The molecule has 3 aromatic heterocycles. The Morgan fingerprint density at radius 1 is 1.00 bits per heavy atom. The lowest BCUT2D eigenvalue weighted by molar-refractivity contribution is 0.0444. The first kappa shape index (κ1) is 24.7. The maximum Gasteiger partial charge on any atom is 0.261 e. The van der Waals surface area contributed by atoms with E-state index in [0.29, 0.717) is 45.9 Å². The van der Waals surface area contributed by atoms with Crippen LogP contribution in [0.5, 0.6) is 0 Å². The fraction of sp³-hybridized carbons (Fsp3) is 0.185. The summed E-state index contributed by atoms with van der Waals surface area (Å²) in [4.78, 5) is 36.0. The van der Waals surface area contributed by atoms with E-state index in [4.69, 9.17) is 26.7 Å². The van der Waals surface area contributed by atoms with Gasteiger partial charge in [-0.2, -0.15) is 0 Å². The number of hydrogen-bond acceptors (Lipinski definition) is 9. The molecule has 39 heavy (non-hydrogen) atoms. The predicted molar refractivity (Wildman–Crippen MR) is 142 cm³/mol. The van der Waals surface area contributed by atoms with Gasteiger partial charge < -0.3 is 15.0 Å². The van der Waals surface area contributed by atoms with Crippen LogP contribution in [-0.4, -0.2) is 54.7 Å². The monoisotopic (exact) mass is 543 g/mol. The van der Waals surface area contributed by atoms with Gasteiger partial charge >= 0.3 is 0 Å². The number of pyridine rings is 1. The molecule has 2 aromatic carbocycles. The van der Waals surface area contributed by atoms with Crippen LogP contribution in [0.2, 0.25) is 5.15 Å². The van der Waals surface area contributed by atoms with Crippen LogP contribution in [0.15, 0.2) is 65.3 Å². The third-order valence-corrected chi connectivity index (χ3v) is 6.87. The summed E-state index contributed by atoms with van der Waals surface area (Å²) >= 11 is 6.63. The van der Waals surface area contributed by atoms with Crippen molar-refractivity contribution < 1.29 is 19.0 Å². The minimum atomic E-state index is -0.634. The number of anilines is 1. The fourth-order valence-corrected chi connectivity index (χ4v) is 5.01. The summed E-state index contributed by atoms with van der Waals surface area (Å²) in [6.45, 7) is 2.66. The summed E-state index contributed by atoms with van der Waals surface area (Å²) in [5.41, 5.74) is 9.56. The Balaban J connectivity index is 1.33. The van der Waals surface area contributed by atoms with Gasteiger partial charge in [-0.05, 0) is 41.0 Å². The number of imidazole rings is 1. The van der Waals surface area contributed by atoms with Gasteiger partial charge in [-0.25, -0.2) is 14.6 Å². The normalized spacial score (nSPS) is 13.8. The van der Waals surface area contributed by atoms with Crippen LogP contribution in [-0.2, 0) is 11.3 Å². The second kappa shape index (κ2) is 9.93. The number of rotatable bonds is 8. The van der Waals surface area contributed by atoms with E-state index in [1.807, 2.05) is 47.9 Å². The number of benzene rings is 2. The summed E-state index contributed by atoms with van der Waals surface area (Å²) < 4.78 is 13.0. The third-order valence-electron chi connectivity index (χ3n) is 6.60. The Labute approximate surface area is 227 Å². The zero-order chi connectivity index (χ0) is 27.1. The summed E-state index contributed by atoms with van der Waals surface area (Å²) in [6.07, 6.45) is -0.634. The topological polar surface area (TPSA) is 142 Å². The number of nitrogen functional groups attached to an aromatic ring is 1. The van der Waals surface area contributed by atoms with Crippen LogP contribution in [0.4, 0.5) is 5.82 Å². The third kappa shape index (κ3) is 4.21. The molecule has 196 valence electrons. The van der Waals surface area contributed by atoms with Crippen molar-refractivity contribution in [2.75, 3.05) is 18.9 Å². The highest BCUT2D eigenvalue weighted by Crippen LogP contribution is 2.34. The Kier molecular flexibility index (Phi) is 6.29. The summed E-state index contributed by atoms with van der Waals surface area (Å²) in [7, 11) is 0. The maximum atomic E-state index is 12.8. The molecule has 0 radical (unpaired) electrons. The summed E-state index contributed by atoms with van der Waals surface area (Å²) in [5.74, 6) is -0.101. The van der Waals surface area contributed by atoms with Crippen molar-refractivity contribution in [3.05, 3.63) is 88.2 Å². The average molecular weight is 544 g/mol. The molecule has 12 heteroatoms. The molecular formula is C27H22ClN7O4. The molecule has 5 aromatic rings. The van der Waals surface area contributed by atoms with E-state index >= 15 is 0 Å². The molecule has 1 atom stereocenters. The molecule has 2 amide bonds. The predicted octanol–water partition coefficient (Wildman–Crippen LogP) is 4.14. The minimum absolute atomic E-state index is 0.0845. The highest BCUT2D eigenvalue weighted by atomic mass is 35.5. The van der Waals surface area contributed by atoms with E-state index in [1.165, 1.54) is 4.90 Å². The largest absolute Gasteiger partial charge is 0.379 e. The van der Waals surface area contributed by atoms with Gasteiger partial charge in [-0.3, -0.25) is 14.5 Å². The Bertz CT molecular complexity index is 1680. The minimum Gasteiger partial charge on any atom is -0.379 e. The fourth-order valence-electron chi connectivity index (χ4n) is 4.77. The number of aromatic nitrogens is 5. The molecule has 4 heterocycles. The number of carbonyl (C=O) groups excluding carboxylic acids is 2. The van der Waals surface area contributed by atoms with E-state index < -0.39 is 6.10 Å². The van der Waals surface area contributed by atoms with Crippen molar-refractivity contribution in [3.63, 3.8) is 0 Å². The molecule has 0 fully saturated rings. The van der Waals surface area contributed by atoms with Gasteiger partial charge in [0.2, 0.25) is 0 Å². The Hall–Kier alpha value is -4.61. The van der Waals surface area contributed by atoms with Crippen molar-refractivity contribution in [3.8, 4) is 11.5 Å². The Morgan fingerprint density at radius 3 is 2.33 bits per heavy atom. The van der Waals surface area contributed by atoms with Crippen molar-refractivity contribution in [2.24, 2.45) is 0 Å². The van der Waals surface area contributed by atoms with Crippen LogP contribution in [0.25, 0.3) is 22.6 Å². The molecule has 11 nitrogen and oxygen atoms in total. The highest BCUT2D eigenvalue weighted by Gasteiger charge is 2.35. The van der Waals surface area contributed by atoms with Crippen LogP contribution >= 0.6 is 11.6 Å². The molecule has 0 spiro atoms. The number of nitrogens with zero attached hydrogens (tertiary/aromatic N) is 6. The first-order valence-electron chi connectivity index (χ1n) is 12.2. The van der Waals surface area contributed by atoms with Gasteiger partial charge in [0.05, 0.1) is 35.5 Å². The molecule has 6 rings (SSSR count).